The van der Waals surface area contributed by atoms with Crippen LogP contribution < -0.4 is 10.1 Å². The van der Waals surface area contributed by atoms with Gasteiger partial charge in [-0.2, -0.15) is 0 Å². The highest BCUT2D eigenvalue weighted by molar-refractivity contribution is 6.31. The molecule has 28 heavy (non-hydrogen) atoms. The number of rotatable bonds is 8. The summed E-state index contributed by atoms with van der Waals surface area (Å²) in [5, 5.41) is 3.47. The molecular formula is C22H27ClN2O3. The molecule has 0 radical (unpaired) electrons. The second-order valence-corrected chi connectivity index (χ2v) is 7.31. The van der Waals surface area contributed by atoms with Crippen LogP contribution in [0.2, 0.25) is 5.02 Å². The number of carbonyl (C=O) groups excluding carboxylic acids is 1. The molecule has 1 saturated heterocycles. The van der Waals surface area contributed by atoms with Gasteiger partial charge in [0, 0.05) is 24.7 Å². The highest BCUT2D eigenvalue weighted by atomic mass is 35.5. The highest BCUT2D eigenvalue weighted by Gasteiger charge is 2.21. The van der Waals surface area contributed by atoms with Gasteiger partial charge in [0.1, 0.15) is 5.75 Å². The first-order valence-corrected chi connectivity index (χ1v) is 10.1. The predicted molar refractivity (Wildman–Crippen MR) is 111 cm³/mol. The van der Waals surface area contributed by atoms with E-state index in [1.807, 2.05) is 6.07 Å². The second-order valence-electron chi connectivity index (χ2n) is 6.88. The Bertz CT molecular complexity index is 770. The third-order valence-electron chi connectivity index (χ3n) is 4.91. The van der Waals surface area contributed by atoms with Crippen LogP contribution in [-0.2, 0) is 4.74 Å². The first-order chi connectivity index (χ1) is 13.7. The quantitative estimate of drug-likeness (QED) is 0.679. The molecular weight excluding hydrogens is 376 g/mol. The minimum atomic E-state index is -0.158. The molecule has 0 aliphatic carbocycles. The number of carbonyl (C=O) groups is 1. The smallest absolute Gasteiger partial charge is 0.255 e. The standard InChI is InChI=1S/C22H27ClN2O3/c1-27-20-10-9-18(23)15-19(20)22(26)24-11-5-6-12-25-13-14-28-21(16-25)17-7-3-2-4-8-17/h2-4,7-10,15,21H,5-6,11-14,16H2,1H3,(H,24,26). The Kier molecular flexibility index (Phi) is 7.71. The maximum Gasteiger partial charge on any atom is 0.255 e. The molecule has 1 N–H and O–H groups in total. The molecule has 1 fully saturated rings. The number of morpholine rings is 1. The van der Waals surface area contributed by atoms with Crippen molar-refractivity contribution in [1.29, 1.82) is 0 Å². The number of ether oxygens (including phenoxy) is 2. The Morgan fingerprint density at radius 2 is 2.07 bits per heavy atom. The van der Waals surface area contributed by atoms with Gasteiger partial charge in [-0.1, -0.05) is 41.9 Å². The monoisotopic (exact) mass is 402 g/mol. The molecule has 1 aliphatic heterocycles. The average molecular weight is 403 g/mol. The van der Waals surface area contributed by atoms with Crippen LogP contribution in [0.3, 0.4) is 0 Å². The van der Waals surface area contributed by atoms with Crippen LogP contribution in [-0.4, -0.2) is 50.7 Å². The lowest BCUT2D eigenvalue weighted by atomic mass is 10.1. The van der Waals surface area contributed by atoms with Crippen molar-refractivity contribution in [3.8, 4) is 5.75 Å². The van der Waals surface area contributed by atoms with Crippen LogP contribution in [0.5, 0.6) is 5.75 Å². The van der Waals surface area contributed by atoms with E-state index in [9.17, 15) is 4.79 Å². The molecule has 2 aromatic rings. The Hall–Kier alpha value is -2.08. The van der Waals surface area contributed by atoms with Crippen molar-refractivity contribution in [1.82, 2.24) is 10.2 Å². The Labute approximate surface area is 171 Å². The van der Waals surface area contributed by atoms with Crippen LogP contribution in [0, 0.1) is 0 Å². The lowest BCUT2D eigenvalue weighted by Gasteiger charge is -2.33. The molecule has 5 nitrogen and oxygen atoms in total. The molecule has 0 aromatic heterocycles. The summed E-state index contributed by atoms with van der Waals surface area (Å²) in [4.78, 5) is 14.8. The molecule has 150 valence electrons. The summed E-state index contributed by atoms with van der Waals surface area (Å²) in [5.41, 5.74) is 1.70. The fraction of sp³-hybridized carbons (Fsp3) is 0.409. The Balaban J connectivity index is 1.39. The van der Waals surface area contributed by atoms with Gasteiger partial charge in [0.05, 0.1) is 25.4 Å². The summed E-state index contributed by atoms with van der Waals surface area (Å²) in [6, 6.07) is 15.4. The topological polar surface area (TPSA) is 50.8 Å². The van der Waals surface area contributed by atoms with Gasteiger partial charge in [-0.25, -0.2) is 0 Å². The summed E-state index contributed by atoms with van der Waals surface area (Å²) in [6.45, 7) is 4.25. The Morgan fingerprint density at radius 1 is 1.25 bits per heavy atom. The van der Waals surface area contributed by atoms with E-state index in [1.165, 1.54) is 5.56 Å². The molecule has 0 saturated carbocycles. The molecule has 0 spiro atoms. The molecule has 1 atom stereocenters. The minimum Gasteiger partial charge on any atom is -0.496 e. The third kappa shape index (κ3) is 5.71. The maximum absolute atomic E-state index is 12.4. The fourth-order valence-corrected chi connectivity index (χ4v) is 3.56. The zero-order chi connectivity index (χ0) is 19.8. The molecule has 0 bridgehead atoms. The normalized spacial score (nSPS) is 17.3. The third-order valence-corrected chi connectivity index (χ3v) is 5.15. The number of nitrogens with zero attached hydrogens (tertiary/aromatic N) is 1. The summed E-state index contributed by atoms with van der Waals surface area (Å²) < 4.78 is 11.1. The van der Waals surface area contributed by atoms with Crippen molar-refractivity contribution in [2.45, 2.75) is 18.9 Å². The van der Waals surface area contributed by atoms with Crippen LogP contribution in [0.15, 0.2) is 48.5 Å². The predicted octanol–water partition coefficient (Wildman–Crippen LogP) is 3.93. The van der Waals surface area contributed by atoms with E-state index in [4.69, 9.17) is 21.1 Å². The number of methoxy groups -OCH3 is 1. The van der Waals surface area contributed by atoms with Gasteiger partial charge in [-0.3, -0.25) is 9.69 Å². The number of amides is 1. The minimum absolute atomic E-state index is 0.143. The number of halogens is 1. The van der Waals surface area contributed by atoms with E-state index < -0.39 is 0 Å². The number of benzene rings is 2. The van der Waals surface area contributed by atoms with E-state index in [1.54, 1.807) is 25.3 Å². The van der Waals surface area contributed by atoms with Gasteiger partial charge in [0.2, 0.25) is 0 Å². The SMILES string of the molecule is COc1ccc(Cl)cc1C(=O)NCCCCN1CCOC(c2ccccc2)C1. The molecule has 2 aromatic carbocycles. The molecule has 6 heteroatoms. The van der Waals surface area contributed by atoms with E-state index in [2.05, 4.69) is 34.5 Å². The molecule has 1 heterocycles. The summed E-state index contributed by atoms with van der Waals surface area (Å²) in [5.74, 6) is 0.372. The molecule has 1 unspecified atom stereocenters. The second kappa shape index (κ2) is 10.5. The van der Waals surface area contributed by atoms with E-state index in [0.717, 1.165) is 39.1 Å². The van der Waals surface area contributed by atoms with Gasteiger partial charge < -0.3 is 14.8 Å². The van der Waals surface area contributed by atoms with Crippen molar-refractivity contribution >= 4 is 17.5 Å². The van der Waals surface area contributed by atoms with Crippen molar-refractivity contribution in [2.75, 3.05) is 39.9 Å². The maximum atomic E-state index is 12.4. The zero-order valence-electron chi connectivity index (χ0n) is 16.2. The van der Waals surface area contributed by atoms with E-state index >= 15 is 0 Å². The van der Waals surface area contributed by atoms with Gasteiger partial charge in [-0.05, 0) is 43.1 Å². The van der Waals surface area contributed by atoms with Crippen molar-refractivity contribution in [2.24, 2.45) is 0 Å². The number of hydrogen-bond acceptors (Lipinski definition) is 4. The molecule has 1 aliphatic rings. The van der Waals surface area contributed by atoms with Crippen LogP contribution in [0.25, 0.3) is 0 Å². The largest absolute Gasteiger partial charge is 0.496 e. The number of unbranched alkanes of at least 4 members (excludes halogenated alkanes) is 1. The van der Waals surface area contributed by atoms with Crippen LogP contribution >= 0.6 is 11.6 Å². The lowest BCUT2D eigenvalue weighted by Crippen LogP contribution is -2.39. The van der Waals surface area contributed by atoms with Crippen LogP contribution in [0.4, 0.5) is 0 Å². The van der Waals surface area contributed by atoms with E-state index in [-0.39, 0.29) is 12.0 Å². The first kappa shape index (κ1) is 20.6. The number of nitrogens with one attached hydrogen (secondary N) is 1. The van der Waals surface area contributed by atoms with Crippen molar-refractivity contribution in [3.05, 3.63) is 64.7 Å². The first-order valence-electron chi connectivity index (χ1n) is 9.68. The van der Waals surface area contributed by atoms with Gasteiger partial charge >= 0.3 is 0 Å². The van der Waals surface area contributed by atoms with E-state index in [0.29, 0.717) is 22.9 Å². The van der Waals surface area contributed by atoms with Crippen molar-refractivity contribution < 1.29 is 14.3 Å². The summed E-state index contributed by atoms with van der Waals surface area (Å²) >= 11 is 5.99. The van der Waals surface area contributed by atoms with Gasteiger partial charge in [0.25, 0.3) is 5.91 Å². The fourth-order valence-electron chi connectivity index (χ4n) is 3.39. The van der Waals surface area contributed by atoms with Crippen molar-refractivity contribution in [3.63, 3.8) is 0 Å². The highest BCUT2D eigenvalue weighted by Crippen LogP contribution is 2.23. The van der Waals surface area contributed by atoms with Crippen LogP contribution in [0.1, 0.15) is 34.9 Å². The average Bonchev–Trinajstić information content (AvgIpc) is 2.74. The van der Waals surface area contributed by atoms with Gasteiger partial charge in [-0.15, -0.1) is 0 Å². The molecule has 1 amide bonds. The number of hydrogen-bond donors (Lipinski definition) is 1. The summed E-state index contributed by atoms with van der Waals surface area (Å²) in [7, 11) is 1.55. The summed E-state index contributed by atoms with van der Waals surface area (Å²) in [6.07, 6.45) is 2.08. The Morgan fingerprint density at radius 3 is 2.86 bits per heavy atom. The molecule has 3 rings (SSSR count). The lowest BCUT2D eigenvalue weighted by molar-refractivity contribution is -0.0303. The zero-order valence-corrected chi connectivity index (χ0v) is 17.0. The van der Waals surface area contributed by atoms with Gasteiger partial charge in [0.15, 0.2) is 0 Å².